The summed E-state index contributed by atoms with van der Waals surface area (Å²) in [5.74, 6) is 2.32. The summed E-state index contributed by atoms with van der Waals surface area (Å²) in [7, 11) is 1.69. The Morgan fingerprint density at radius 3 is 2.65 bits per heavy atom. The first-order valence-corrected chi connectivity index (χ1v) is 10.5. The van der Waals surface area contributed by atoms with E-state index in [1.807, 2.05) is 43.6 Å². The van der Waals surface area contributed by atoms with Crippen LogP contribution in [-0.4, -0.2) is 33.6 Å². The molecule has 6 heteroatoms. The first-order chi connectivity index (χ1) is 15.1. The monoisotopic (exact) mass is 413 g/mol. The van der Waals surface area contributed by atoms with E-state index in [0.717, 1.165) is 46.0 Å². The van der Waals surface area contributed by atoms with Crippen molar-refractivity contribution in [3.8, 4) is 17.0 Å². The summed E-state index contributed by atoms with van der Waals surface area (Å²) in [4.78, 5) is 17.8. The Labute approximate surface area is 182 Å². The molecule has 2 atom stereocenters. The number of methoxy groups -OCH3 is 1. The summed E-state index contributed by atoms with van der Waals surface area (Å²) in [6.45, 7) is 7.24. The van der Waals surface area contributed by atoms with Gasteiger partial charge in [0.15, 0.2) is 0 Å². The molecule has 31 heavy (non-hydrogen) atoms. The predicted octanol–water partition coefficient (Wildman–Crippen LogP) is 5.26. The summed E-state index contributed by atoms with van der Waals surface area (Å²) in [6, 6.07) is 14.2. The zero-order valence-electron chi connectivity index (χ0n) is 18.3. The molecule has 0 spiro atoms. The normalized spacial score (nSPS) is 13.0. The predicted molar refractivity (Wildman–Crippen MR) is 124 cm³/mol. The lowest BCUT2D eigenvalue weighted by molar-refractivity contribution is 0.419. The second-order valence-electron chi connectivity index (χ2n) is 7.88. The molecular formula is C25H27N5O. The molecule has 0 aliphatic heterocycles. The lowest BCUT2D eigenvalue weighted by Crippen LogP contribution is -2.18. The van der Waals surface area contributed by atoms with Gasteiger partial charge in [-0.2, -0.15) is 0 Å². The molecule has 1 aromatic carbocycles. The van der Waals surface area contributed by atoms with Gasteiger partial charge >= 0.3 is 0 Å². The van der Waals surface area contributed by atoms with E-state index in [9.17, 15) is 0 Å². The van der Waals surface area contributed by atoms with Crippen LogP contribution in [0.5, 0.6) is 5.75 Å². The van der Waals surface area contributed by atoms with Crippen molar-refractivity contribution in [3.63, 3.8) is 0 Å². The Hall–Kier alpha value is -3.54. The number of aryl methyl sites for hydroxylation is 1. The first-order valence-electron chi connectivity index (χ1n) is 10.5. The zero-order valence-corrected chi connectivity index (χ0v) is 18.3. The van der Waals surface area contributed by atoms with Gasteiger partial charge in [-0.1, -0.05) is 26.0 Å². The number of hydrogen-bond acceptors (Lipinski definition) is 6. The van der Waals surface area contributed by atoms with Crippen molar-refractivity contribution < 1.29 is 4.74 Å². The lowest BCUT2D eigenvalue weighted by atomic mass is 9.87. The van der Waals surface area contributed by atoms with Crippen LogP contribution in [0.1, 0.15) is 31.0 Å². The van der Waals surface area contributed by atoms with E-state index in [-0.39, 0.29) is 0 Å². The molecule has 3 heterocycles. The SMILES string of the molecule is COc1ccnc2c(C(C)[C@H](C)CNc3cc(-c4ccc(C)nc4)ncn3)cccc12. The number of pyridine rings is 2. The number of anilines is 1. The van der Waals surface area contributed by atoms with Crippen LogP contribution in [0.15, 0.2) is 61.2 Å². The minimum Gasteiger partial charge on any atom is -0.496 e. The largest absolute Gasteiger partial charge is 0.496 e. The van der Waals surface area contributed by atoms with Gasteiger partial charge in [0, 0.05) is 41.6 Å². The van der Waals surface area contributed by atoms with Crippen LogP contribution in [-0.2, 0) is 0 Å². The number of para-hydroxylation sites is 1. The number of ether oxygens (including phenoxy) is 1. The highest BCUT2D eigenvalue weighted by atomic mass is 16.5. The van der Waals surface area contributed by atoms with Gasteiger partial charge in [0.1, 0.15) is 17.9 Å². The minimum atomic E-state index is 0.304. The van der Waals surface area contributed by atoms with Crippen LogP contribution in [0.3, 0.4) is 0 Å². The highest BCUT2D eigenvalue weighted by molar-refractivity contribution is 5.87. The van der Waals surface area contributed by atoms with Gasteiger partial charge < -0.3 is 10.1 Å². The van der Waals surface area contributed by atoms with Crippen LogP contribution in [0, 0.1) is 12.8 Å². The molecule has 4 rings (SSSR count). The van der Waals surface area contributed by atoms with Crippen molar-refractivity contribution in [2.24, 2.45) is 5.92 Å². The molecule has 3 aromatic heterocycles. The number of nitrogens with one attached hydrogen (secondary N) is 1. The van der Waals surface area contributed by atoms with Crippen molar-refractivity contribution >= 4 is 16.7 Å². The summed E-state index contributed by atoms with van der Waals surface area (Å²) in [5, 5.41) is 4.51. The van der Waals surface area contributed by atoms with Crippen LogP contribution in [0.4, 0.5) is 5.82 Å². The third-order valence-corrected chi connectivity index (χ3v) is 5.81. The van der Waals surface area contributed by atoms with Gasteiger partial charge in [0.05, 0.1) is 18.3 Å². The van der Waals surface area contributed by atoms with Crippen LogP contribution >= 0.6 is 0 Å². The van der Waals surface area contributed by atoms with Gasteiger partial charge in [-0.05, 0) is 48.6 Å². The molecule has 0 bridgehead atoms. The van der Waals surface area contributed by atoms with E-state index in [1.165, 1.54) is 5.56 Å². The van der Waals surface area contributed by atoms with Gasteiger partial charge in [-0.25, -0.2) is 9.97 Å². The topological polar surface area (TPSA) is 72.8 Å². The number of benzene rings is 1. The Bertz CT molecular complexity index is 1180. The summed E-state index contributed by atoms with van der Waals surface area (Å²) >= 11 is 0. The summed E-state index contributed by atoms with van der Waals surface area (Å²) < 4.78 is 5.51. The van der Waals surface area contributed by atoms with Crippen LogP contribution in [0.2, 0.25) is 0 Å². The lowest BCUT2D eigenvalue weighted by Gasteiger charge is -2.22. The Balaban J connectivity index is 1.49. The number of fused-ring (bicyclic) bond motifs is 1. The zero-order chi connectivity index (χ0) is 21.8. The molecular weight excluding hydrogens is 386 g/mol. The molecule has 0 saturated heterocycles. The smallest absolute Gasteiger partial charge is 0.129 e. The fourth-order valence-corrected chi connectivity index (χ4v) is 3.70. The van der Waals surface area contributed by atoms with E-state index in [1.54, 1.807) is 13.4 Å². The molecule has 0 saturated carbocycles. The molecule has 1 unspecified atom stereocenters. The van der Waals surface area contributed by atoms with E-state index in [0.29, 0.717) is 11.8 Å². The maximum Gasteiger partial charge on any atom is 0.129 e. The quantitative estimate of drug-likeness (QED) is 0.446. The van der Waals surface area contributed by atoms with Crippen molar-refractivity contribution in [1.29, 1.82) is 0 Å². The molecule has 0 radical (unpaired) electrons. The Kier molecular flexibility index (Phi) is 6.07. The fraction of sp³-hybridized carbons (Fsp3) is 0.280. The van der Waals surface area contributed by atoms with Gasteiger partial charge in [0.25, 0.3) is 0 Å². The highest BCUT2D eigenvalue weighted by Gasteiger charge is 2.18. The van der Waals surface area contributed by atoms with E-state index >= 15 is 0 Å². The maximum atomic E-state index is 5.51. The van der Waals surface area contributed by atoms with E-state index in [4.69, 9.17) is 4.74 Å². The minimum absolute atomic E-state index is 0.304. The molecule has 6 nitrogen and oxygen atoms in total. The highest BCUT2D eigenvalue weighted by Crippen LogP contribution is 2.33. The van der Waals surface area contributed by atoms with Crippen molar-refractivity contribution in [2.45, 2.75) is 26.7 Å². The van der Waals surface area contributed by atoms with Crippen LogP contribution in [0.25, 0.3) is 22.2 Å². The first kappa shape index (κ1) is 20.7. The van der Waals surface area contributed by atoms with E-state index < -0.39 is 0 Å². The Morgan fingerprint density at radius 2 is 1.87 bits per heavy atom. The van der Waals surface area contributed by atoms with Crippen molar-refractivity contribution in [3.05, 3.63) is 72.4 Å². The van der Waals surface area contributed by atoms with Gasteiger partial charge in [-0.3, -0.25) is 9.97 Å². The third-order valence-electron chi connectivity index (χ3n) is 5.81. The fourth-order valence-electron chi connectivity index (χ4n) is 3.70. The van der Waals surface area contributed by atoms with Gasteiger partial charge in [0.2, 0.25) is 0 Å². The second kappa shape index (κ2) is 9.08. The molecule has 0 amide bonds. The average molecular weight is 414 g/mol. The van der Waals surface area contributed by atoms with Crippen molar-refractivity contribution in [2.75, 3.05) is 19.0 Å². The summed E-state index contributed by atoms with van der Waals surface area (Å²) in [6.07, 6.45) is 5.24. The maximum absolute atomic E-state index is 5.51. The summed E-state index contributed by atoms with van der Waals surface area (Å²) in [5.41, 5.74) is 5.04. The number of nitrogens with zero attached hydrogens (tertiary/aromatic N) is 4. The van der Waals surface area contributed by atoms with Crippen molar-refractivity contribution in [1.82, 2.24) is 19.9 Å². The number of rotatable bonds is 7. The molecule has 0 aliphatic rings. The molecule has 4 aromatic rings. The standard InChI is InChI=1S/C25H27N5O/c1-16(18(3)20-6-5-7-21-23(31-4)10-11-26-25(20)21)13-28-24-12-22(29-15-30-24)19-9-8-17(2)27-14-19/h5-12,14-16,18H,13H2,1-4H3,(H,28,29,30)/t16-,18?/m1/s1. The molecule has 158 valence electrons. The average Bonchev–Trinajstić information content (AvgIpc) is 2.82. The van der Waals surface area contributed by atoms with Crippen LogP contribution < -0.4 is 10.1 Å². The van der Waals surface area contributed by atoms with Gasteiger partial charge in [-0.15, -0.1) is 0 Å². The Morgan fingerprint density at radius 1 is 1.00 bits per heavy atom. The second-order valence-corrected chi connectivity index (χ2v) is 7.88. The molecule has 1 N–H and O–H groups in total. The number of aromatic nitrogens is 4. The number of hydrogen-bond donors (Lipinski definition) is 1. The molecule has 0 fully saturated rings. The van der Waals surface area contributed by atoms with E-state index in [2.05, 4.69) is 57.3 Å². The molecule has 0 aliphatic carbocycles. The third kappa shape index (κ3) is 4.48.